The normalized spacial score (nSPS) is 12.2. The van der Waals surface area contributed by atoms with Crippen molar-refractivity contribution in [1.82, 2.24) is 4.98 Å². The Bertz CT molecular complexity index is 274. The van der Waals surface area contributed by atoms with Gasteiger partial charge in [0.15, 0.2) is 0 Å². The molecule has 0 bridgehead atoms. The van der Waals surface area contributed by atoms with Gasteiger partial charge in [-0.3, -0.25) is 9.78 Å². The number of methoxy groups -OCH3 is 1. The largest absolute Gasteiger partial charge is 0.469 e. The number of aromatic nitrogens is 1. The van der Waals surface area contributed by atoms with Gasteiger partial charge in [0.05, 0.1) is 13.0 Å². The van der Waals surface area contributed by atoms with Gasteiger partial charge in [-0.1, -0.05) is 0 Å². The zero-order chi connectivity index (χ0) is 9.68. The summed E-state index contributed by atoms with van der Waals surface area (Å²) >= 11 is 0. The average molecular weight is 180 g/mol. The van der Waals surface area contributed by atoms with Gasteiger partial charge >= 0.3 is 5.97 Å². The standard InChI is InChI=1S/C9H12N2O2/c1-13-9(12)8(6-10)7-2-4-11-5-3-7/h2-5,8H,6,10H2,1H3/t8-/m1/s1. The van der Waals surface area contributed by atoms with Gasteiger partial charge < -0.3 is 10.5 Å². The van der Waals surface area contributed by atoms with E-state index in [9.17, 15) is 4.79 Å². The highest BCUT2D eigenvalue weighted by molar-refractivity contribution is 5.78. The van der Waals surface area contributed by atoms with Crippen LogP contribution in [0.25, 0.3) is 0 Å². The minimum atomic E-state index is -0.381. The van der Waals surface area contributed by atoms with Crippen molar-refractivity contribution in [2.45, 2.75) is 5.92 Å². The smallest absolute Gasteiger partial charge is 0.314 e. The number of carbonyl (C=O) groups excluding carboxylic acids is 1. The molecular formula is C9H12N2O2. The van der Waals surface area contributed by atoms with Gasteiger partial charge in [-0.05, 0) is 17.7 Å². The molecule has 2 N–H and O–H groups in total. The molecular weight excluding hydrogens is 168 g/mol. The second kappa shape index (κ2) is 4.57. The highest BCUT2D eigenvalue weighted by Gasteiger charge is 2.18. The van der Waals surface area contributed by atoms with Crippen molar-refractivity contribution in [2.24, 2.45) is 5.73 Å². The van der Waals surface area contributed by atoms with E-state index in [1.807, 2.05) is 0 Å². The topological polar surface area (TPSA) is 65.2 Å². The van der Waals surface area contributed by atoms with Gasteiger partial charge in [0.2, 0.25) is 0 Å². The lowest BCUT2D eigenvalue weighted by Crippen LogP contribution is -2.22. The van der Waals surface area contributed by atoms with Gasteiger partial charge in [0.1, 0.15) is 0 Å². The Kier molecular flexibility index (Phi) is 3.40. The number of carbonyl (C=O) groups is 1. The van der Waals surface area contributed by atoms with Crippen LogP contribution in [0.1, 0.15) is 11.5 Å². The lowest BCUT2D eigenvalue weighted by molar-refractivity contribution is -0.142. The molecule has 0 radical (unpaired) electrons. The van der Waals surface area contributed by atoms with E-state index in [-0.39, 0.29) is 18.4 Å². The molecule has 0 saturated heterocycles. The third kappa shape index (κ3) is 2.26. The molecule has 1 rings (SSSR count). The average Bonchev–Trinajstić information content (AvgIpc) is 2.20. The molecule has 0 amide bonds. The maximum Gasteiger partial charge on any atom is 0.314 e. The van der Waals surface area contributed by atoms with Crippen LogP contribution in [0.4, 0.5) is 0 Å². The second-order valence-corrected chi connectivity index (χ2v) is 2.59. The van der Waals surface area contributed by atoms with Gasteiger partial charge in [0, 0.05) is 18.9 Å². The van der Waals surface area contributed by atoms with Crippen molar-refractivity contribution in [3.63, 3.8) is 0 Å². The molecule has 0 spiro atoms. The summed E-state index contributed by atoms with van der Waals surface area (Å²) in [6.45, 7) is 0.247. The Labute approximate surface area is 76.7 Å². The quantitative estimate of drug-likeness (QED) is 0.679. The Hall–Kier alpha value is -1.42. The minimum Gasteiger partial charge on any atom is -0.469 e. The highest BCUT2D eigenvalue weighted by atomic mass is 16.5. The lowest BCUT2D eigenvalue weighted by atomic mass is 10.0. The van der Waals surface area contributed by atoms with Crippen molar-refractivity contribution in [3.05, 3.63) is 30.1 Å². The van der Waals surface area contributed by atoms with E-state index < -0.39 is 0 Å². The first-order valence-electron chi connectivity index (χ1n) is 3.97. The van der Waals surface area contributed by atoms with E-state index in [0.717, 1.165) is 5.56 Å². The number of hydrogen-bond donors (Lipinski definition) is 1. The summed E-state index contributed by atoms with van der Waals surface area (Å²) < 4.78 is 4.62. The number of hydrogen-bond acceptors (Lipinski definition) is 4. The minimum absolute atomic E-state index is 0.247. The molecule has 0 unspecified atom stereocenters. The van der Waals surface area contributed by atoms with Gasteiger partial charge in [-0.25, -0.2) is 0 Å². The molecule has 1 aromatic heterocycles. The fourth-order valence-corrected chi connectivity index (χ4v) is 1.11. The Morgan fingerprint density at radius 2 is 2.23 bits per heavy atom. The monoisotopic (exact) mass is 180 g/mol. The van der Waals surface area contributed by atoms with Crippen LogP contribution in [0.3, 0.4) is 0 Å². The molecule has 1 aromatic rings. The van der Waals surface area contributed by atoms with E-state index in [1.165, 1.54) is 7.11 Å². The maximum atomic E-state index is 11.2. The van der Waals surface area contributed by atoms with Crippen molar-refractivity contribution in [2.75, 3.05) is 13.7 Å². The van der Waals surface area contributed by atoms with Crippen LogP contribution in [0, 0.1) is 0 Å². The molecule has 0 aliphatic heterocycles. The van der Waals surface area contributed by atoms with Gasteiger partial charge in [-0.2, -0.15) is 0 Å². The van der Waals surface area contributed by atoms with Crippen LogP contribution < -0.4 is 5.73 Å². The fourth-order valence-electron chi connectivity index (χ4n) is 1.11. The number of esters is 1. The van der Waals surface area contributed by atoms with E-state index in [1.54, 1.807) is 24.5 Å². The lowest BCUT2D eigenvalue weighted by Gasteiger charge is -2.11. The van der Waals surface area contributed by atoms with Crippen molar-refractivity contribution in [1.29, 1.82) is 0 Å². The molecule has 1 heterocycles. The predicted molar refractivity (Wildman–Crippen MR) is 48.0 cm³/mol. The molecule has 0 aromatic carbocycles. The van der Waals surface area contributed by atoms with Gasteiger partial charge in [-0.15, -0.1) is 0 Å². The molecule has 0 saturated carbocycles. The van der Waals surface area contributed by atoms with Crippen LogP contribution in [0.15, 0.2) is 24.5 Å². The van der Waals surface area contributed by atoms with Crippen LogP contribution in [0.2, 0.25) is 0 Å². The molecule has 0 aliphatic rings. The summed E-state index contributed by atoms with van der Waals surface area (Å²) in [6, 6.07) is 3.52. The summed E-state index contributed by atoms with van der Waals surface area (Å²) in [5, 5.41) is 0. The number of ether oxygens (including phenoxy) is 1. The SMILES string of the molecule is COC(=O)[C@H](CN)c1ccncc1. The highest BCUT2D eigenvalue weighted by Crippen LogP contribution is 2.14. The Morgan fingerprint density at radius 1 is 1.62 bits per heavy atom. The maximum absolute atomic E-state index is 11.2. The third-order valence-corrected chi connectivity index (χ3v) is 1.83. The fraction of sp³-hybridized carbons (Fsp3) is 0.333. The first-order chi connectivity index (χ1) is 6.29. The molecule has 4 nitrogen and oxygen atoms in total. The van der Waals surface area contributed by atoms with E-state index in [4.69, 9.17) is 5.73 Å². The summed E-state index contributed by atoms with van der Waals surface area (Å²) in [5.74, 6) is -0.693. The first kappa shape index (κ1) is 9.67. The van der Waals surface area contributed by atoms with E-state index >= 15 is 0 Å². The van der Waals surface area contributed by atoms with Crippen molar-refractivity contribution < 1.29 is 9.53 Å². The third-order valence-electron chi connectivity index (χ3n) is 1.83. The second-order valence-electron chi connectivity index (χ2n) is 2.59. The molecule has 70 valence electrons. The van der Waals surface area contributed by atoms with Crippen LogP contribution in [-0.2, 0) is 9.53 Å². The Balaban J connectivity index is 2.85. The van der Waals surface area contributed by atoms with E-state index in [2.05, 4.69) is 9.72 Å². The van der Waals surface area contributed by atoms with Crippen LogP contribution >= 0.6 is 0 Å². The van der Waals surface area contributed by atoms with Gasteiger partial charge in [0.25, 0.3) is 0 Å². The molecule has 0 fully saturated rings. The zero-order valence-electron chi connectivity index (χ0n) is 7.43. The number of nitrogens with zero attached hydrogens (tertiary/aromatic N) is 1. The zero-order valence-corrected chi connectivity index (χ0v) is 7.43. The first-order valence-corrected chi connectivity index (χ1v) is 3.97. The summed E-state index contributed by atoms with van der Waals surface area (Å²) in [5.41, 5.74) is 6.30. The summed E-state index contributed by atoms with van der Waals surface area (Å²) in [7, 11) is 1.35. The molecule has 1 atom stereocenters. The van der Waals surface area contributed by atoms with Crippen LogP contribution in [-0.4, -0.2) is 24.6 Å². The summed E-state index contributed by atoms with van der Waals surface area (Å²) in [4.78, 5) is 15.1. The number of rotatable bonds is 3. The number of nitrogens with two attached hydrogens (primary N) is 1. The number of pyridine rings is 1. The van der Waals surface area contributed by atoms with E-state index in [0.29, 0.717) is 0 Å². The molecule has 13 heavy (non-hydrogen) atoms. The van der Waals surface area contributed by atoms with Crippen molar-refractivity contribution >= 4 is 5.97 Å². The summed E-state index contributed by atoms with van der Waals surface area (Å²) in [6.07, 6.45) is 3.25. The molecule has 4 heteroatoms. The van der Waals surface area contributed by atoms with Crippen molar-refractivity contribution in [3.8, 4) is 0 Å². The Morgan fingerprint density at radius 3 is 2.69 bits per heavy atom. The molecule has 0 aliphatic carbocycles. The predicted octanol–water partition coefficient (Wildman–Crippen LogP) is 0.297. The van der Waals surface area contributed by atoms with Crippen LogP contribution in [0.5, 0.6) is 0 Å².